The highest BCUT2D eigenvalue weighted by Crippen LogP contribution is 2.48. The van der Waals surface area contributed by atoms with Gasteiger partial charge in [-0.15, -0.1) is 11.8 Å². The standard InChI is InChI=1S/C23H28N2O3S/c1-5-15-25-19-14-10-9-13-18(19)23(20(25)26,24-21(27)28-22(2,3)4)29-16-17-11-7-6-8-12-17/h6-14H,5,15-16H2,1-4H3,(H,24,27). The molecule has 1 atom stereocenters. The molecule has 154 valence electrons. The van der Waals surface area contributed by atoms with Gasteiger partial charge < -0.3 is 9.64 Å². The second-order valence-corrected chi connectivity index (χ2v) is 9.25. The van der Waals surface area contributed by atoms with E-state index < -0.39 is 16.6 Å². The van der Waals surface area contributed by atoms with Crippen molar-refractivity contribution in [3.63, 3.8) is 0 Å². The molecule has 3 rings (SSSR count). The summed E-state index contributed by atoms with van der Waals surface area (Å²) in [7, 11) is 0. The molecule has 2 aromatic rings. The number of anilines is 1. The first-order valence-corrected chi connectivity index (χ1v) is 10.9. The van der Waals surface area contributed by atoms with Gasteiger partial charge in [0.05, 0.1) is 5.69 Å². The van der Waals surface area contributed by atoms with Crippen LogP contribution in [-0.2, 0) is 20.2 Å². The summed E-state index contributed by atoms with van der Waals surface area (Å²) in [5.41, 5.74) is 2.07. The molecule has 0 saturated carbocycles. The Balaban J connectivity index is 2.00. The normalized spacial score (nSPS) is 18.5. The number of para-hydroxylation sites is 1. The van der Waals surface area contributed by atoms with Gasteiger partial charge in [-0.1, -0.05) is 55.5 Å². The van der Waals surface area contributed by atoms with Gasteiger partial charge in [-0.3, -0.25) is 10.1 Å². The van der Waals surface area contributed by atoms with E-state index >= 15 is 0 Å². The number of carbonyl (C=O) groups is 2. The number of ether oxygens (including phenoxy) is 1. The van der Waals surface area contributed by atoms with Crippen LogP contribution < -0.4 is 10.2 Å². The van der Waals surface area contributed by atoms with Crippen molar-refractivity contribution in [2.75, 3.05) is 11.4 Å². The van der Waals surface area contributed by atoms with Crippen molar-refractivity contribution in [1.29, 1.82) is 0 Å². The van der Waals surface area contributed by atoms with Gasteiger partial charge >= 0.3 is 6.09 Å². The molecule has 2 aromatic carbocycles. The highest BCUT2D eigenvalue weighted by Gasteiger charge is 2.53. The fourth-order valence-corrected chi connectivity index (χ4v) is 4.67. The molecule has 0 radical (unpaired) electrons. The van der Waals surface area contributed by atoms with E-state index in [1.54, 1.807) is 4.90 Å². The lowest BCUT2D eigenvalue weighted by Gasteiger charge is -2.31. The zero-order valence-corrected chi connectivity index (χ0v) is 18.2. The highest BCUT2D eigenvalue weighted by atomic mass is 32.2. The Morgan fingerprint density at radius 3 is 2.41 bits per heavy atom. The van der Waals surface area contributed by atoms with Crippen LogP contribution in [0.25, 0.3) is 0 Å². The van der Waals surface area contributed by atoms with Gasteiger partial charge in [0.2, 0.25) is 0 Å². The van der Waals surface area contributed by atoms with Crippen LogP contribution in [0, 0.1) is 0 Å². The summed E-state index contributed by atoms with van der Waals surface area (Å²) < 4.78 is 5.50. The Morgan fingerprint density at radius 1 is 1.10 bits per heavy atom. The first-order chi connectivity index (χ1) is 13.8. The van der Waals surface area contributed by atoms with Gasteiger partial charge in [0.25, 0.3) is 5.91 Å². The molecule has 1 unspecified atom stereocenters. The Labute approximate surface area is 176 Å². The molecule has 0 spiro atoms. The molecular formula is C23H28N2O3S. The quantitative estimate of drug-likeness (QED) is 0.674. The lowest BCUT2D eigenvalue weighted by atomic mass is 10.1. The molecule has 1 aliphatic heterocycles. The molecule has 0 saturated heterocycles. The molecule has 6 heteroatoms. The number of hydrogen-bond acceptors (Lipinski definition) is 4. The molecule has 0 aliphatic carbocycles. The molecule has 2 amide bonds. The predicted octanol–water partition coefficient (Wildman–Crippen LogP) is 5.05. The van der Waals surface area contributed by atoms with Crippen LogP contribution in [0.5, 0.6) is 0 Å². The lowest BCUT2D eigenvalue weighted by molar-refractivity contribution is -0.121. The second-order valence-electron chi connectivity index (χ2n) is 8.06. The fourth-order valence-electron chi connectivity index (χ4n) is 3.38. The average molecular weight is 413 g/mol. The van der Waals surface area contributed by atoms with Crippen LogP contribution >= 0.6 is 11.8 Å². The fraction of sp³-hybridized carbons (Fsp3) is 0.391. The van der Waals surface area contributed by atoms with Crippen molar-refractivity contribution in [3.05, 3.63) is 65.7 Å². The number of nitrogens with zero attached hydrogens (tertiary/aromatic N) is 1. The molecule has 1 heterocycles. The lowest BCUT2D eigenvalue weighted by Crippen LogP contribution is -2.52. The number of fused-ring (bicyclic) bond motifs is 1. The van der Waals surface area contributed by atoms with Crippen LogP contribution in [-0.4, -0.2) is 24.1 Å². The van der Waals surface area contributed by atoms with Crippen molar-refractivity contribution in [2.24, 2.45) is 0 Å². The minimum Gasteiger partial charge on any atom is -0.444 e. The summed E-state index contributed by atoms with van der Waals surface area (Å²) in [5.74, 6) is 0.448. The van der Waals surface area contributed by atoms with Gasteiger partial charge in [-0.05, 0) is 38.8 Å². The number of thioether (sulfide) groups is 1. The zero-order valence-electron chi connectivity index (χ0n) is 17.4. The van der Waals surface area contributed by atoms with Gasteiger partial charge in [0, 0.05) is 17.9 Å². The first-order valence-electron chi connectivity index (χ1n) is 9.87. The number of rotatable bonds is 6. The van der Waals surface area contributed by atoms with Crippen LogP contribution in [0.2, 0.25) is 0 Å². The molecule has 0 fully saturated rings. The molecule has 29 heavy (non-hydrogen) atoms. The monoisotopic (exact) mass is 412 g/mol. The number of carbonyl (C=O) groups excluding carboxylic acids is 2. The summed E-state index contributed by atoms with van der Waals surface area (Å²) in [6, 6.07) is 17.6. The molecule has 0 bridgehead atoms. The molecule has 5 nitrogen and oxygen atoms in total. The third-order valence-electron chi connectivity index (χ3n) is 4.54. The maximum Gasteiger partial charge on any atom is 0.409 e. The minimum absolute atomic E-state index is 0.132. The zero-order chi connectivity index (χ0) is 21.1. The Bertz CT molecular complexity index is 879. The minimum atomic E-state index is -1.22. The summed E-state index contributed by atoms with van der Waals surface area (Å²) >= 11 is 1.42. The van der Waals surface area contributed by atoms with E-state index in [1.165, 1.54) is 11.8 Å². The van der Waals surface area contributed by atoms with Crippen molar-refractivity contribution < 1.29 is 14.3 Å². The Kier molecular flexibility index (Phi) is 6.22. The van der Waals surface area contributed by atoms with Gasteiger partial charge in [0.15, 0.2) is 4.87 Å². The first kappa shape index (κ1) is 21.2. The van der Waals surface area contributed by atoms with E-state index in [2.05, 4.69) is 5.32 Å². The van der Waals surface area contributed by atoms with E-state index in [0.29, 0.717) is 12.3 Å². The van der Waals surface area contributed by atoms with E-state index in [1.807, 2.05) is 82.3 Å². The predicted molar refractivity (Wildman–Crippen MR) is 118 cm³/mol. The van der Waals surface area contributed by atoms with Crippen molar-refractivity contribution in [1.82, 2.24) is 5.32 Å². The molecular weight excluding hydrogens is 384 g/mol. The van der Waals surface area contributed by atoms with Crippen molar-refractivity contribution in [2.45, 2.75) is 50.3 Å². The highest BCUT2D eigenvalue weighted by molar-refractivity contribution is 8.00. The van der Waals surface area contributed by atoms with E-state index in [0.717, 1.165) is 23.2 Å². The molecule has 0 aromatic heterocycles. The van der Waals surface area contributed by atoms with Gasteiger partial charge in [0.1, 0.15) is 5.60 Å². The maximum atomic E-state index is 13.6. The van der Waals surface area contributed by atoms with Gasteiger partial charge in [-0.25, -0.2) is 4.79 Å². The maximum absolute atomic E-state index is 13.6. The Morgan fingerprint density at radius 2 is 1.76 bits per heavy atom. The number of alkyl carbamates (subject to hydrolysis) is 1. The molecule has 1 N–H and O–H groups in total. The van der Waals surface area contributed by atoms with Crippen LogP contribution in [0.4, 0.5) is 10.5 Å². The summed E-state index contributed by atoms with van der Waals surface area (Å²) in [6.07, 6.45) is 0.228. The van der Waals surface area contributed by atoms with Crippen LogP contribution in [0.1, 0.15) is 45.2 Å². The topological polar surface area (TPSA) is 58.6 Å². The number of nitrogens with one attached hydrogen (secondary N) is 1. The number of hydrogen-bond donors (Lipinski definition) is 1. The SMILES string of the molecule is CCCN1C(=O)C(NC(=O)OC(C)(C)C)(SCc2ccccc2)c2ccccc21. The third-order valence-corrected chi connectivity index (χ3v) is 5.95. The number of benzene rings is 2. The van der Waals surface area contributed by atoms with Crippen molar-refractivity contribution >= 4 is 29.4 Å². The van der Waals surface area contributed by atoms with Crippen molar-refractivity contribution in [3.8, 4) is 0 Å². The largest absolute Gasteiger partial charge is 0.444 e. The Hall–Kier alpha value is -2.47. The second kappa shape index (κ2) is 8.49. The smallest absolute Gasteiger partial charge is 0.409 e. The average Bonchev–Trinajstić information content (AvgIpc) is 2.89. The molecule has 1 aliphatic rings. The number of amides is 2. The van der Waals surface area contributed by atoms with E-state index in [9.17, 15) is 9.59 Å². The summed E-state index contributed by atoms with van der Waals surface area (Å²) in [6.45, 7) is 8.06. The van der Waals surface area contributed by atoms with E-state index in [-0.39, 0.29) is 5.91 Å². The van der Waals surface area contributed by atoms with Crippen LogP contribution in [0.15, 0.2) is 54.6 Å². The van der Waals surface area contributed by atoms with Crippen LogP contribution in [0.3, 0.4) is 0 Å². The van der Waals surface area contributed by atoms with Gasteiger partial charge in [-0.2, -0.15) is 0 Å². The summed E-state index contributed by atoms with van der Waals surface area (Å²) in [4.78, 5) is 26.9. The third kappa shape index (κ3) is 4.58. The van der Waals surface area contributed by atoms with E-state index in [4.69, 9.17) is 4.74 Å². The summed E-state index contributed by atoms with van der Waals surface area (Å²) in [5, 5.41) is 2.92.